The Kier molecular flexibility index (Phi) is 5.37. The highest BCUT2D eigenvalue weighted by molar-refractivity contribution is 5.96. The summed E-state index contributed by atoms with van der Waals surface area (Å²) in [5, 5.41) is 7.28. The highest BCUT2D eigenvalue weighted by atomic mass is 16.5. The summed E-state index contributed by atoms with van der Waals surface area (Å²) in [7, 11) is 0. The van der Waals surface area contributed by atoms with Gasteiger partial charge in [0.25, 0.3) is 5.91 Å². The van der Waals surface area contributed by atoms with Crippen molar-refractivity contribution in [2.24, 2.45) is 5.41 Å². The number of carbonyl (C=O) groups is 1. The maximum absolute atomic E-state index is 13.2. The van der Waals surface area contributed by atoms with Gasteiger partial charge in [-0.3, -0.25) is 9.78 Å². The van der Waals surface area contributed by atoms with Crippen molar-refractivity contribution >= 4 is 5.91 Å². The van der Waals surface area contributed by atoms with Crippen LogP contribution in [0.15, 0.2) is 35.2 Å². The zero-order valence-corrected chi connectivity index (χ0v) is 17.9. The van der Waals surface area contributed by atoms with E-state index in [4.69, 9.17) is 9.51 Å². The molecule has 3 heterocycles. The Balaban J connectivity index is 1.67. The number of nitrogens with one attached hydrogen (secondary N) is 1. The third-order valence-corrected chi connectivity index (χ3v) is 5.64. The summed E-state index contributed by atoms with van der Waals surface area (Å²) >= 11 is 0. The van der Waals surface area contributed by atoms with Crippen LogP contribution in [0.5, 0.6) is 0 Å². The quantitative estimate of drug-likeness (QED) is 0.687. The van der Waals surface area contributed by atoms with Gasteiger partial charge in [0.2, 0.25) is 0 Å². The summed E-state index contributed by atoms with van der Waals surface area (Å²) in [6.07, 6.45) is 8.26. The van der Waals surface area contributed by atoms with Crippen LogP contribution in [0.25, 0.3) is 11.4 Å². The first-order valence-electron chi connectivity index (χ1n) is 10.5. The van der Waals surface area contributed by atoms with Gasteiger partial charge in [0.15, 0.2) is 5.82 Å². The lowest BCUT2D eigenvalue weighted by atomic mass is 9.74. The number of fused-ring (bicyclic) bond motifs is 1. The van der Waals surface area contributed by atoms with E-state index in [0.717, 1.165) is 29.7 Å². The van der Waals surface area contributed by atoms with Crippen molar-refractivity contribution in [3.63, 3.8) is 0 Å². The molecule has 0 aromatic carbocycles. The van der Waals surface area contributed by atoms with Gasteiger partial charge < -0.3 is 9.84 Å². The number of pyridine rings is 1. The molecule has 0 saturated carbocycles. The highest BCUT2D eigenvalue weighted by Gasteiger charge is 2.35. The van der Waals surface area contributed by atoms with Crippen molar-refractivity contribution in [3.05, 3.63) is 59.0 Å². The standard InChI is InChI=1S/C23H27N5O2/c1-5-16-20(19(6-2)30-28-16)22(29)27-18-12-23(3,4)11-17-15(18)13-25-21(26-17)14-7-9-24-10-8-14/h7-10,13,18H,5-6,11-12H2,1-4H3,(H,27,29)/t18-/m1/s1. The molecule has 0 bridgehead atoms. The molecule has 4 rings (SSSR count). The average Bonchev–Trinajstić information content (AvgIpc) is 3.16. The minimum atomic E-state index is -0.160. The van der Waals surface area contributed by atoms with Crippen molar-refractivity contribution in [2.75, 3.05) is 0 Å². The van der Waals surface area contributed by atoms with Gasteiger partial charge in [0.1, 0.15) is 11.3 Å². The number of carbonyl (C=O) groups excluding carboxylic acids is 1. The lowest BCUT2D eigenvalue weighted by Crippen LogP contribution is -2.37. The van der Waals surface area contributed by atoms with Crippen molar-refractivity contribution in [1.29, 1.82) is 0 Å². The maximum Gasteiger partial charge on any atom is 0.257 e. The molecule has 0 fully saturated rings. The fourth-order valence-corrected chi connectivity index (χ4v) is 4.15. The van der Waals surface area contributed by atoms with Gasteiger partial charge in [-0.25, -0.2) is 9.97 Å². The molecule has 156 valence electrons. The second-order valence-corrected chi connectivity index (χ2v) is 8.54. The first kappa shape index (κ1) is 20.2. The Morgan fingerprint density at radius 1 is 1.23 bits per heavy atom. The van der Waals surface area contributed by atoms with E-state index in [9.17, 15) is 4.79 Å². The van der Waals surface area contributed by atoms with Crippen LogP contribution in [0.4, 0.5) is 0 Å². The van der Waals surface area contributed by atoms with Crippen molar-refractivity contribution in [3.8, 4) is 11.4 Å². The molecule has 3 aromatic heterocycles. The second kappa shape index (κ2) is 7.97. The lowest BCUT2D eigenvalue weighted by Gasteiger charge is -2.36. The Hall–Kier alpha value is -3.09. The van der Waals surface area contributed by atoms with Crippen LogP contribution in [0, 0.1) is 5.41 Å². The largest absolute Gasteiger partial charge is 0.360 e. The third kappa shape index (κ3) is 3.84. The van der Waals surface area contributed by atoms with Gasteiger partial charge in [-0.2, -0.15) is 0 Å². The Bertz CT molecular complexity index is 1040. The van der Waals surface area contributed by atoms with E-state index < -0.39 is 0 Å². The highest BCUT2D eigenvalue weighted by Crippen LogP contribution is 2.40. The molecule has 1 aliphatic rings. The van der Waals surface area contributed by atoms with Gasteiger partial charge in [-0.05, 0) is 36.8 Å². The molecule has 0 radical (unpaired) electrons. The second-order valence-electron chi connectivity index (χ2n) is 8.54. The van der Waals surface area contributed by atoms with Crippen LogP contribution >= 0.6 is 0 Å². The lowest BCUT2D eigenvalue weighted by molar-refractivity contribution is 0.0916. The molecular formula is C23H27N5O2. The van der Waals surface area contributed by atoms with Crippen molar-refractivity contribution in [2.45, 2.75) is 59.4 Å². The normalized spacial score (nSPS) is 17.4. The maximum atomic E-state index is 13.2. The van der Waals surface area contributed by atoms with Crippen LogP contribution in [-0.2, 0) is 19.3 Å². The number of hydrogen-bond donors (Lipinski definition) is 1. The Morgan fingerprint density at radius 2 is 2.00 bits per heavy atom. The van der Waals surface area contributed by atoms with Gasteiger partial charge in [-0.15, -0.1) is 0 Å². The van der Waals surface area contributed by atoms with E-state index in [-0.39, 0.29) is 17.4 Å². The van der Waals surface area contributed by atoms with E-state index in [2.05, 4.69) is 34.3 Å². The van der Waals surface area contributed by atoms with Gasteiger partial charge in [0.05, 0.1) is 17.4 Å². The molecule has 7 heteroatoms. The summed E-state index contributed by atoms with van der Waals surface area (Å²) in [5.74, 6) is 1.17. The molecule has 1 amide bonds. The minimum Gasteiger partial charge on any atom is -0.360 e. The predicted octanol–water partition coefficient (Wildman–Crippen LogP) is 4.09. The number of rotatable bonds is 5. The van der Waals surface area contributed by atoms with E-state index in [1.807, 2.05) is 32.2 Å². The van der Waals surface area contributed by atoms with Crippen LogP contribution in [-0.4, -0.2) is 26.0 Å². The number of nitrogens with zero attached hydrogens (tertiary/aromatic N) is 4. The SMILES string of the molecule is CCc1noc(CC)c1C(=O)N[C@@H]1CC(C)(C)Cc2nc(-c3ccncc3)ncc21. The van der Waals surface area contributed by atoms with E-state index in [0.29, 0.717) is 35.7 Å². The molecular weight excluding hydrogens is 378 g/mol. The molecule has 3 aromatic rings. The van der Waals surface area contributed by atoms with Crippen molar-refractivity contribution < 1.29 is 9.32 Å². The molecule has 30 heavy (non-hydrogen) atoms. The molecule has 0 saturated heterocycles. The average molecular weight is 406 g/mol. The summed E-state index contributed by atoms with van der Waals surface area (Å²) in [4.78, 5) is 26.7. The number of amides is 1. The van der Waals surface area contributed by atoms with Gasteiger partial charge in [0, 0.05) is 36.1 Å². The predicted molar refractivity (Wildman–Crippen MR) is 113 cm³/mol. The monoisotopic (exact) mass is 405 g/mol. The molecule has 1 aliphatic carbocycles. The Labute approximate surface area is 176 Å². The summed E-state index contributed by atoms with van der Waals surface area (Å²) in [5.41, 5.74) is 4.16. The van der Waals surface area contributed by atoms with Crippen molar-refractivity contribution in [1.82, 2.24) is 25.4 Å². The fraction of sp³-hybridized carbons (Fsp3) is 0.435. The van der Waals surface area contributed by atoms with E-state index in [1.54, 1.807) is 12.4 Å². The van der Waals surface area contributed by atoms with Gasteiger partial charge >= 0.3 is 0 Å². The molecule has 0 unspecified atom stereocenters. The summed E-state index contributed by atoms with van der Waals surface area (Å²) < 4.78 is 5.38. The first-order chi connectivity index (χ1) is 14.4. The summed E-state index contributed by atoms with van der Waals surface area (Å²) in [6, 6.07) is 3.64. The number of hydrogen-bond acceptors (Lipinski definition) is 6. The molecule has 1 atom stereocenters. The zero-order valence-electron chi connectivity index (χ0n) is 17.9. The molecule has 1 N–H and O–H groups in total. The third-order valence-electron chi connectivity index (χ3n) is 5.64. The van der Waals surface area contributed by atoms with Gasteiger partial charge in [-0.1, -0.05) is 32.9 Å². The molecule has 0 spiro atoms. The van der Waals surface area contributed by atoms with E-state index in [1.165, 1.54) is 0 Å². The van der Waals surface area contributed by atoms with Crippen LogP contribution < -0.4 is 5.32 Å². The topological polar surface area (TPSA) is 93.8 Å². The minimum absolute atomic E-state index is 0.00460. The van der Waals surface area contributed by atoms with Crippen LogP contribution in [0.1, 0.15) is 73.2 Å². The summed E-state index contributed by atoms with van der Waals surface area (Å²) in [6.45, 7) is 8.35. The zero-order chi connectivity index (χ0) is 21.3. The first-order valence-corrected chi connectivity index (χ1v) is 10.5. The number of aromatic nitrogens is 4. The van der Waals surface area contributed by atoms with E-state index >= 15 is 0 Å². The van der Waals surface area contributed by atoms with Crippen LogP contribution in [0.3, 0.4) is 0 Å². The molecule has 7 nitrogen and oxygen atoms in total. The molecule has 0 aliphatic heterocycles. The Morgan fingerprint density at radius 3 is 2.70 bits per heavy atom. The number of aryl methyl sites for hydroxylation is 2. The van der Waals surface area contributed by atoms with Crippen LogP contribution in [0.2, 0.25) is 0 Å². The fourth-order valence-electron chi connectivity index (χ4n) is 4.15. The smallest absolute Gasteiger partial charge is 0.257 e.